The number of hydrogen-bond acceptors (Lipinski definition) is 3. The van der Waals surface area contributed by atoms with Crippen molar-refractivity contribution in [2.24, 2.45) is 5.41 Å². The molecule has 0 aliphatic rings. The van der Waals surface area contributed by atoms with Crippen LogP contribution in [0.2, 0.25) is 0 Å². The molecule has 1 atom stereocenters. The highest BCUT2D eigenvalue weighted by Crippen LogP contribution is 2.26. The molecule has 0 saturated heterocycles. The molecule has 0 aliphatic carbocycles. The number of pyridine rings is 1. The molecule has 4 nitrogen and oxygen atoms in total. The number of anilines is 1. The highest BCUT2D eigenvalue weighted by Gasteiger charge is 2.23. The first-order chi connectivity index (χ1) is 8.12. The topological polar surface area (TPSA) is 62.2 Å². The second-order valence-corrected chi connectivity index (χ2v) is 5.81. The number of aryl methyl sites for hydroxylation is 2. The quantitative estimate of drug-likeness (QED) is 0.864. The number of aromatic carboxylic acids is 1. The highest BCUT2D eigenvalue weighted by atomic mass is 16.4. The Kier molecular flexibility index (Phi) is 3.99. The molecule has 0 radical (unpaired) electrons. The largest absolute Gasteiger partial charge is 0.478 e. The van der Waals surface area contributed by atoms with Crippen molar-refractivity contribution in [1.82, 2.24) is 4.98 Å². The normalized spacial score (nSPS) is 13.2. The lowest BCUT2D eigenvalue weighted by molar-refractivity contribution is 0.0696. The van der Waals surface area contributed by atoms with Crippen LogP contribution in [0.25, 0.3) is 0 Å². The fourth-order valence-corrected chi connectivity index (χ4v) is 1.66. The molecule has 1 aromatic heterocycles. The minimum Gasteiger partial charge on any atom is -0.478 e. The zero-order valence-corrected chi connectivity index (χ0v) is 12.0. The molecule has 1 heterocycles. The Morgan fingerprint density at radius 1 is 1.39 bits per heavy atom. The van der Waals surface area contributed by atoms with Gasteiger partial charge < -0.3 is 10.4 Å². The minimum atomic E-state index is -0.941. The number of rotatable bonds is 3. The summed E-state index contributed by atoms with van der Waals surface area (Å²) in [6.07, 6.45) is 0. The number of nitrogens with zero attached hydrogens (tertiary/aromatic N) is 1. The summed E-state index contributed by atoms with van der Waals surface area (Å²) in [6.45, 7) is 12.0. The maximum atomic E-state index is 11.3. The Morgan fingerprint density at radius 2 is 1.94 bits per heavy atom. The molecule has 18 heavy (non-hydrogen) atoms. The third kappa shape index (κ3) is 3.22. The molecule has 1 aromatic rings. The van der Waals surface area contributed by atoms with E-state index in [-0.39, 0.29) is 17.0 Å². The van der Waals surface area contributed by atoms with Crippen molar-refractivity contribution >= 4 is 11.7 Å². The Labute approximate surface area is 108 Å². The molecular weight excluding hydrogens is 228 g/mol. The molecule has 0 spiro atoms. The van der Waals surface area contributed by atoms with Crippen molar-refractivity contribution in [3.63, 3.8) is 0 Å². The standard InChI is InChI=1S/C14H22N2O2/c1-8-7-11(16-10(3)14(4,5)6)12(13(17)18)9(2)15-8/h7,10H,1-6H3,(H,15,16)(H,17,18). The number of nitrogens with one attached hydrogen (secondary N) is 1. The summed E-state index contributed by atoms with van der Waals surface area (Å²) in [4.78, 5) is 15.5. The molecule has 4 heteroatoms. The highest BCUT2D eigenvalue weighted by molar-refractivity contribution is 5.95. The summed E-state index contributed by atoms with van der Waals surface area (Å²) < 4.78 is 0. The lowest BCUT2D eigenvalue weighted by Gasteiger charge is -2.29. The van der Waals surface area contributed by atoms with Crippen LogP contribution in [0.5, 0.6) is 0 Å². The fourth-order valence-electron chi connectivity index (χ4n) is 1.66. The molecule has 0 saturated carbocycles. The van der Waals surface area contributed by atoms with Crippen LogP contribution in [0, 0.1) is 19.3 Å². The zero-order chi connectivity index (χ0) is 14.1. The van der Waals surface area contributed by atoms with Crippen molar-refractivity contribution in [2.75, 3.05) is 5.32 Å². The molecule has 2 N–H and O–H groups in total. The first-order valence-electron chi connectivity index (χ1n) is 6.11. The Morgan fingerprint density at radius 3 is 2.39 bits per heavy atom. The molecule has 0 bridgehead atoms. The van der Waals surface area contributed by atoms with Gasteiger partial charge in [-0.25, -0.2) is 4.79 Å². The minimum absolute atomic E-state index is 0.0564. The van der Waals surface area contributed by atoms with E-state index in [0.717, 1.165) is 5.69 Å². The third-order valence-electron chi connectivity index (χ3n) is 3.21. The van der Waals surface area contributed by atoms with Gasteiger partial charge in [-0.15, -0.1) is 0 Å². The van der Waals surface area contributed by atoms with Crippen molar-refractivity contribution in [2.45, 2.75) is 47.6 Å². The summed E-state index contributed by atoms with van der Waals surface area (Å²) in [5.74, 6) is -0.941. The molecule has 0 aliphatic heterocycles. The Balaban J connectivity index is 3.19. The predicted octanol–water partition coefficient (Wildman–Crippen LogP) is 3.24. The summed E-state index contributed by atoms with van der Waals surface area (Å²) in [7, 11) is 0. The smallest absolute Gasteiger partial charge is 0.339 e. The van der Waals surface area contributed by atoms with Crippen LogP contribution >= 0.6 is 0 Å². The van der Waals surface area contributed by atoms with Gasteiger partial charge in [0.2, 0.25) is 0 Å². The zero-order valence-electron chi connectivity index (χ0n) is 12.0. The molecule has 100 valence electrons. The van der Waals surface area contributed by atoms with Gasteiger partial charge >= 0.3 is 5.97 Å². The molecule has 0 aromatic carbocycles. The van der Waals surface area contributed by atoms with E-state index >= 15 is 0 Å². The van der Waals surface area contributed by atoms with E-state index in [1.807, 2.05) is 6.92 Å². The van der Waals surface area contributed by atoms with E-state index in [1.165, 1.54) is 0 Å². The Hall–Kier alpha value is -1.58. The van der Waals surface area contributed by atoms with Gasteiger partial charge in [-0.3, -0.25) is 4.98 Å². The van der Waals surface area contributed by atoms with Crippen LogP contribution < -0.4 is 5.32 Å². The summed E-state index contributed by atoms with van der Waals surface area (Å²) >= 11 is 0. The number of carbonyl (C=O) groups is 1. The van der Waals surface area contributed by atoms with E-state index in [2.05, 4.69) is 38.0 Å². The van der Waals surface area contributed by atoms with Crippen LogP contribution in [0.15, 0.2) is 6.07 Å². The molecule has 0 amide bonds. The maximum absolute atomic E-state index is 11.3. The average Bonchev–Trinajstić information content (AvgIpc) is 2.13. The lowest BCUT2D eigenvalue weighted by atomic mass is 9.87. The first kappa shape index (κ1) is 14.5. The SMILES string of the molecule is Cc1cc(NC(C)C(C)(C)C)c(C(=O)O)c(C)n1. The molecule has 0 fully saturated rings. The lowest BCUT2D eigenvalue weighted by Crippen LogP contribution is -2.31. The van der Waals surface area contributed by atoms with E-state index in [1.54, 1.807) is 13.0 Å². The van der Waals surface area contributed by atoms with Crippen molar-refractivity contribution in [3.8, 4) is 0 Å². The van der Waals surface area contributed by atoms with E-state index in [9.17, 15) is 9.90 Å². The maximum Gasteiger partial charge on any atom is 0.339 e. The van der Waals surface area contributed by atoms with Gasteiger partial charge in [0.1, 0.15) is 5.56 Å². The molecule has 1 unspecified atom stereocenters. The van der Waals surface area contributed by atoms with Crippen molar-refractivity contribution in [3.05, 3.63) is 23.0 Å². The van der Waals surface area contributed by atoms with Gasteiger partial charge in [-0.05, 0) is 32.3 Å². The van der Waals surface area contributed by atoms with Gasteiger partial charge in [0, 0.05) is 11.7 Å². The van der Waals surface area contributed by atoms with E-state index in [4.69, 9.17) is 0 Å². The number of aromatic nitrogens is 1. The van der Waals surface area contributed by atoms with E-state index in [0.29, 0.717) is 11.4 Å². The summed E-state index contributed by atoms with van der Waals surface area (Å²) in [6, 6.07) is 1.95. The summed E-state index contributed by atoms with van der Waals surface area (Å²) in [5.41, 5.74) is 2.33. The van der Waals surface area contributed by atoms with Crippen molar-refractivity contribution in [1.29, 1.82) is 0 Å². The Bertz CT molecular complexity index is 462. The van der Waals surface area contributed by atoms with Gasteiger partial charge in [0.05, 0.1) is 11.4 Å². The monoisotopic (exact) mass is 250 g/mol. The number of carboxylic acid groups (broad SMARTS) is 1. The predicted molar refractivity (Wildman–Crippen MR) is 73.2 cm³/mol. The van der Waals surface area contributed by atoms with Gasteiger partial charge in [0.25, 0.3) is 0 Å². The van der Waals surface area contributed by atoms with Crippen LogP contribution in [0.1, 0.15) is 49.4 Å². The van der Waals surface area contributed by atoms with Gasteiger partial charge in [-0.1, -0.05) is 20.8 Å². The fraction of sp³-hybridized carbons (Fsp3) is 0.571. The van der Waals surface area contributed by atoms with Gasteiger partial charge in [-0.2, -0.15) is 0 Å². The van der Waals surface area contributed by atoms with Crippen LogP contribution in [0.3, 0.4) is 0 Å². The van der Waals surface area contributed by atoms with Gasteiger partial charge in [0.15, 0.2) is 0 Å². The number of carboxylic acids is 1. The first-order valence-corrected chi connectivity index (χ1v) is 6.11. The van der Waals surface area contributed by atoms with E-state index < -0.39 is 5.97 Å². The second-order valence-electron chi connectivity index (χ2n) is 5.81. The second kappa shape index (κ2) is 4.96. The van der Waals surface area contributed by atoms with Crippen LogP contribution in [-0.2, 0) is 0 Å². The van der Waals surface area contributed by atoms with Crippen molar-refractivity contribution < 1.29 is 9.90 Å². The number of hydrogen-bond donors (Lipinski definition) is 2. The summed E-state index contributed by atoms with van der Waals surface area (Å²) in [5, 5.41) is 12.6. The van der Waals surface area contributed by atoms with Crippen LogP contribution in [0.4, 0.5) is 5.69 Å². The molecular formula is C14H22N2O2. The average molecular weight is 250 g/mol. The molecule has 1 rings (SSSR count). The van der Waals surface area contributed by atoms with Crippen LogP contribution in [-0.4, -0.2) is 22.1 Å². The third-order valence-corrected chi connectivity index (χ3v) is 3.21.